The lowest BCUT2D eigenvalue weighted by Crippen LogP contribution is -2.14. The smallest absolute Gasteiger partial charge is 0.335 e. The molecular weight excluding hydrogens is 372 g/mol. The quantitative estimate of drug-likeness (QED) is 0.592. The molecule has 0 fully saturated rings. The molecule has 0 radical (unpaired) electrons. The lowest BCUT2D eigenvalue weighted by atomic mass is 10.2. The van der Waals surface area contributed by atoms with Crippen LogP contribution in [0.1, 0.15) is 17.3 Å². The van der Waals surface area contributed by atoms with Gasteiger partial charge in [-0.2, -0.15) is 0 Å². The van der Waals surface area contributed by atoms with E-state index in [9.17, 15) is 9.59 Å². The first-order valence-electron chi connectivity index (χ1n) is 7.84. The average Bonchev–Trinajstić information content (AvgIpc) is 3.03. The van der Waals surface area contributed by atoms with Gasteiger partial charge in [-0.15, -0.1) is 11.3 Å². The van der Waals surface area contributed by atoms with Crippen LogP contribution in [0.25, 0.3) is 10.2 Å². The molecular formula is C18H16N2O4S2. The molecule has 8 heteroatoms. The Kier molecular flexibility index (Phi) is 5.75. The number of thiazole rings is 1. The van der Waals surface area contributed by atoms with Crippen molar-refractivity contribution in [3.8, 4) is 5.75 Å². The van der Waals surface area contributed by atoms with Gasteiger partial charge < -0.3 is 15.2 Å². The molecule has 1 amide bonds. The van der Waals surface area contributed by atoms with E-state index in [0.29, 0.717) is 12.3 Å². The number of anilines is 1. The number of thioether (sulfide) groups is 1. The number of amides is 1. The van der Waals surface area contributed by atoms with Crippen LogP contribution >= 0.6 is 23.1 Å². The minimum atomic E-state index is -1.03. The number of carbonyl (C=O) groups is 2. The van der Waals surface area contributed by atoms with E-state index in [4.69, 9.17) is 9.84 Å². The van der Waals surface area contributed by atoms with Crippen LogP contribution in [0, 0.1) is 0 Å². The number of benzene rings is 2. The summed E-state index contributed by atoms with van der Waals surface area (Å²) in [6.45, 7) is 2.54. The van der Waals surface area contributed by atoms with Crippen LogP contribution in [-0.4, -0.2) is 34.3 Å². The van der Waals surface area contributed by atoms with Crippen molar-refractivity contribution in [2.75, 3.05) is 17.7 Å². The van der Waals surface area contributed by atoms with E-state index >= 15 is 0 Å². The molecule has 1 aromatic heterocycles. The summed E-state index contributed by atoms with van der Waals surface area (Å²) >= 11 is 2.85. The highest BCUT2D eigenvalue weighted by Crippen LogP contribution is 2.31. The lowest BCUT2D eigenvalue weighted by molar-refractivity contribution is -0.113. The maximum atomic E-state index is 12.1. The van der Waals surface area contributed by atoms with Crippen molar-refractivity contribution in [1.82, 2.24) is 4.98 Å². The van der Waals surface area contributed by atoms with E-state index in [1.54, 1.807) is 12.1 Å². The van der Waals surface area contributed by atoms with Gasteiger partial charge in [0.05, 0.1) is 28.1 Å². The topological polar surface area (TPSA) is 88.5 Å². The second-order valence-electron chi connectivity index (χ2n) is 5.27. The molecule has 0 saturated heterocycles. The van der Waals surface area contributed by atoms with Gasteiger partial charge in [0.25, 0.3) is 0 Å². The van der Waals surface area contributed by atoms with Gasteiger partial charge in [-0.25, -0.2) is 9.78 Å². The lowest BCUT2D eigenvalue weighted by Gasteiger charge is -2.05. The largest absolute Gasteiger partial charge is 0.494 e. The summed E-state index contributed by atoms with van der Waals surface area (Å²) in [4.78, 5) is 27.6. The molecule has 6 nitrogen and oxygen atoms in total. The van der Waals surface area contributed by atoms with Crippen molar-refractivity contribution in [2.24, 2.45) is 0 Å². The van der Waals surface area contributed by atoms with E-state index in [1.807, 2.05) is 25.1 Å². The molecule has 0 aliphatic rings. The molecule has 0 aliphatic heterocycles. The molecule has 26 heavy (non-hydrogen) atoms. The molecule has 2 N–H and O–H groups in total. The van der Waals surface area contributed by atoms with E-state index in [-0.39, 0.29) is 17.2 Å². The van der Waals surface area contributed by atoms with Gasteiger partial charge in [0.15, 0.2) is 4.34 Å². The standard InChI is InChI=1S/C18H16N2O4S2/c1-2-24-13-6-7-14-15(9-13)26-18(20-14)25-10-16(21)19-12-5-3-4-11(8-12)17(22)23/h3-9H,2,10H2,1H3,(H,19,21)(H,22,23). The summed E-state index contributed by atoms with van der Waals surface area (Å²) in [5.74, 6) is -0.255. The SMILES string of the molecule is CCOc1ccc2nc(SCC(=O)Nc3cccc(C(=O)O)c3)sc2c1. The number of carboxylic acid groups (broad SMARTS) is 1. The summed E-state index contributed by atoms with van der Waals surface area (Å²) in [5, 5.41) is 11.7. The molecule has 0 bridgehead atoms. The van der Waals surface area contributed by atoms with Crippen LogP contribution in [0.4, 0.5) is 5.69 Å². The third-order valence-corrected chi connectivity index (χ3v) is 5.53. The zero-order valence-corrected chi connectivity index (χ0v) is 15.5. The number of aromatic carboxylic acids is 1. The van der Waals surface area contributed by atoms with E-state index in [0.717, 1.165) is 20.3 Å². The highest BCUT2D eigenvalue weighted by Gasteiger charge is 2.10. The predicted molar refractivity (Wildman–Crippen MR) is 104 cm³/mol. The molecule has 3 aromatic rings. The number of aromatic nitrogens is 1. The third kappa shape index (κ3) is 4.53. The van der Waals surface area contributed by atoms with Gasteiger partial charge >= 0.3 is 5.97 Å². The number of hydrogen-bond acceptors (Lipinski definition) is 6. The van der Waals surface area contributed by atoms with E-state index < -0.39 is 5.97 Å². The Labute approximate surface area is 158 Å². The second-order valence-corrected chi connectivity index (χ2v) is 7.52. The zero-order chi connectivity index (χ0) is 18.5. The van der Waals surface area contributed by atoms with Crippen molar-refractivity contribution in [2.45, 2.75) is 11.3 Å². The maximum Gasteiger partial charge on any atom is 0.335 e. The first-order chi connectivity index (χ1) is 12.5. The number of nitrogens with zero attached hydrogens (tertiary/aromatic N) is 1. The normalized spacial score (nSPS) is 10.7. The van der Waals surface area contributed by atoms with Crippen LogP contribution in [0.2, 0.25) is 0 Å². The van der Waals surface area contributed by atoms with Crippen molar-refractivity contribution >= 4 is 50.9 Å². The van der Waals surface area contributed by atoms with Crippen LogP contribution < -0.4 is 10.1 Å². The number of carboxylic acids is 1. The number of hydrogen-bond donors (Lipinski definition) is 2. The number of nitrogens with one attached hydrogen (secondary N) is 1. The fourth-order valence-corrected chi connectivity index (χ4v) is 4.15. The fraction of sp³-hybridized carbons (Fsp3) is 0.167. The van der Waals surface area contributed by atoms with Crippen LogP contribution in [0.3, 0.4) is 0 Å². The van der Waals surface area contributed by atoms with Crippen molar-refractivity contribution in [3.05, 3.63) is 48.0 Å². The minimum Gasteiger partial charge on any atom is -0.494 e. The van der Waals surface area contributed by atoms with Crippen molar-refractivity contribution < 1.29 is 19.4 Å². The van der Waals surface area contributed by atoms with Gasteiger partial charge in [0.2, 0.25) is 5.91 Å². The van der Waals surface area contributed by atoms with Gasteiger partial charge in [-0.3, -0.25) is 4.79 Å². The number of ether oxygens (including phenoxy) is 1. The van der Waals surface area contributed by atoms with Gasteiger partial charge in [-0.05, 0) is 43.3 Å². The molecule has 0 spiro atoms. The Morgan fingerprint density at radius 2 is 2.12 bits per heavy atom. The fourth-order valence-electron chi connectivity index (χ4n) is 2.26. The highest BCUT2D eigenvalue weighted by atomic mass is 32.2. The number of fused-ring (bicyclic) bond motifs is 1. The Bertz CT molecular complexity index is 955. The third-order valence-electron chi connectivity index (χ3n) is 3.37. The predicted octanol–water partition coefficient (Wildman–Crippen LogP) is 4.12. The van der Waals surface area contributed by atoms with E-state index in [2.05, 4.69) is 10.3 Å². The molecule has 1 heterocycles. The molecule has 134 valence electrons. The summed E-state index contributed by atoms with van der Waals surface area (Å²) in [7, 11) is 0. The van der Waals surface area contributed by atoms with Crippen LogP contribution in [0.5, 0.6) is 5.75 Å². The molecule has 0 unspecified atom stereocenters. The molecule has 0 aliphatic carbocycles. The van der Waals surface area contributed by atoms with Crippen molar-refractivity contribution in [3.63, 3.8) is 0 Å². The van der Waals surface area contributed by atoms with Gasteiger partial charge in [0, 0.05) is 5.69 Å². The zero-order valence-electron chi connectivity index (χ0n) is 13.9. The van der Waals surface area contributed by atoms with E-state index in [1.165, 1.54) is 35.2 Å². The summed E-state index contributed by atoms with van der Waals surface area (Å²) in [5.41, 5.74) is 1.46. The van der Waals surface area contributed by atoms with Crippen LogP contribution in [0.15, 0.2) is 46.8 Å². The Morgan fingerprint density at radius 3 is 2.88 bits per heavy atom. The number of carbonyl (C=O) groups excluding carboxylic acids is 1. The second kappa shape index (κ2) is 8.20. The van der Waals surface area contributed by atoms with Crippen molar-refractivity contribution in [1.29, 1.82) is 0 Å². The maximum absolute atomic E-state index is 12.1. The van der Waals surface area contributed by atoms with Gasteiger partial charge in [-0.1, -0.05) is 17.8 Å². The average molecular weight is 388 g/mol. The first-order valence-corrected chi connectivity index (χ1v) is 9.65. The summed E-state index contributed by atoms with van der Waals surface area (Å²) in [6, 6.07) is 11.9. The Balaban J connectivity index is 1.61. The molecule has 0 saturated carbocycles. The summed E-state index contributed by atoms with van der Waals surface area (Å²) in [6.07, 6.45) is 0. The number of rotatable bonds is 7. The monoisotopic (exact) mass is 388 g/mol. The Morgan fingerprint density at radius 1 is 1.27 bits per heavy atom. The first kappa shape index (κ1) is 18.2. The highest BCUT2D eigenvalue weighted by molar-refractivity contribution is 8.01. The molecule has 0 atom stereocenters. The Hall–Kier alpha value is -2.58. The minimum absolute atomic E-state index is 0.131. The summed E-state index contributed by atoms with van der Waals surface area (Å²) < 4.78 is 7.28. The van der Waals surface area contributed by atoms with Crippen LogP contribution in [-0.2, 0) is 4.79 Å². The molecule has 2 aromatic carbocycles. The van der Waals surface area contributed by atoms with Gasteiger partial charge in [0.1, 0.15) is 5.75 Å². The molecule has 3 rings (SSSR count).